The predicted octanol–water partition coefficient (Wildman–Crippen LogP) is 3.31. The number of hydrogen-bond donors (Lipinski definition) is 0. The first-order chi connectivity index (χ1) is 8.60. The van der Waals surface area contributed by atoms with E-state index in [9.17, 15) is 0 Å². The minimum atomic E-state index is -1.04. The highest BCUT2D eigenvalue weighted by atomic mass is 35.5. The van der Waals surface area contributed by atoms with E-state index in [1.807, 2.05) is 24.3 Å². The molecular formula is C14H17ClO3. The van der Waals surface area contributed by atoms with Gasteiger partial charge in [0.25, 0.3) is 0 Å². The second kappa shape index (κ2) is 4.20. The second-order valence-electron chi connectivity index (χ2n) is 5.12. The van der Waals surface area contributed by atoms with Gasteiger partial charge in [0.1, 0.15) is 0 Å². The summed E-state index contributed by atoms with van der Waals surface area (Å²) in [6, 6.07) is 7.42. The van der Waals surface area contributed by atoms with Gasteiger partial charge in [-0.1, -0.05) is 18.5 Å². The van der Waals surface area contributed by atoms with Crippen molar-refractivity contribution in [2.75, 3.05) is 13.2 Å². The van der Waals surface area contributed by atoms with Crippen LogP contribution in [-0.4, -0.2) is 19.3 Å². The fourth-order valence-electron chi connectivity index (χ4n) is 2.60. The van der Waals surface area contributed by atoms with Crippen LogP contribution in [0, 0.1) is 5.41 Å². The normalized spacial score (nSPS) is 38.9. The quantitative estimate of drug-likeness (QED) is 0.824. The Labute approximate surface area is 112 Å². The summed E-state index contributed by atoms with van der Waals surface area (Å²) in [7, 11) is 0. The van der Waals surface area contributed by atoms with Crippen molar-refractivity contribution in [3.63, 3.8) is 0 Å². The summed E-state index contributed by atoms with van der Waals surface area (Å²) in [5.74, 6) is -1.04. The van der Waals surface area contributed by atoms with Crippen LogP contribution in [0.1, 0.15) is 25.8 Å². The van der Waals surface area contributed by atoms with Gasteiger partial charge in [-0.15, -0.1) is 0 Å². The summed E-state index contributed by atoms with van der Waals surface area (Å²) >= 11 is 5.90. The Morgan fingerprint density at radius 3 is 2.33 bits per heavy atom. The average Bonchev–Trinajstić information content (AvgIpc) is 2.40. The number of halogens is 1. The Bertz CT molecular complexity index is 435. The Kier molecular flexibility index (Phi) is 2.90. The monoisotopic (exact) mass is 268 g/mol. The number of fused-ring (bicyclic) bond motifs is 3. The highest BCUT2D eigenvalue weighted by Gasteiger charge is 2.56. The van der Waals surface area contributed by atoms with Crippen molar-refractivity contribution in [3.05, 3.63) is 34.9 Å². The lowest BCUT2D eigenvalue weighted by atomic mass is 9.79. The third kappa shape index (κ3) is 1.69. The zero-order valence-electron chi connectivity index (χ0n) is 10.6. The molecule has 1 atom stereocenters. The lowest BCUT2D eigenvalue weighted by molar-refractivity contribution is -0.498. The van der Waals surface area contributed by atoms with Crippen LogP contribution in [0.15, 0.2) is 24.3 Å². The zero-order valence-corrected chi connectivity index (χ0v) is 11.4. The fraction of sp³-hybridized carbons (Fsp3) is 0.571. The number of rotatable bonds is 2. The van der Waals surface area contributed by atoms with E-state index in [0.29, 0.717) is 18.2 Å². The predicted molar refractivity (Wildman–Crippen MR) is 68.3 cm³/mol. The molecule has 4 heteroatoms. The molecule has 0 N–H and O–H groups in total. The summed E-state index contributed by atoms with van der Waals surface area (Å²) < 4.78 is 17.7. The molecule has 0 saturated carbocycles. The van der Waals surface area contributed by atoms with Crippen LogP contribution in [0.4, 0.5) is 0 Å². The van der Waals surface area contributed by atoms with E-state index in [0.717, 1.165) is 12.0 Å². The molecule has 0 aliphatic carbocycles. The molecule has 0 spiro atoms. The van der Waals surface area contributed by atoms with E-state index >= 15 is 0 Å². The van der Waals surface area contributed by atoms with E-state index in [-0.39, 0.29) is 11.5 Å². The van der Waals surface area contributed by atoms with Crippen LogP contribution in [0.2, 0.25) is 5.02 Å². The first-order valence-electron chi connectivity index (χ1n) is 6.32. The summed E-state index contributed by atoms with van der Waals surface area (Å²) in [6.07, 6.45) is 1.12. The smallest absolute Gasteiger partial charge is 0.312 e. The molecule has 3 saturated heterocycles. The number of ether oxygens (including phenoxy) is 3. The molecule has 2 bridgehead atoms. The molecule has 98 valence electrons. The van der Waals surface area contributed by atoms with Gasteiger partial charge in [0.05, 0.1) is 19.3 Å². The summed E-state index contributed by atoms with van der Waals surface area (Å²) in [6.45, 7) is 5.59. The maximum Gasteiger partial charge on any atom is 0.312 e. The summed E-state index contributed by atoms with van der Waals surface area (Å²) in [5.41, 5.74) is 0.858. The van der Waals surface area contributed by atoms with Gasteiger partial charge < -0.3 is 14.2 Å². The molecule has 1 aromatic rings. The molecule has 0 radical (unpaired) electrons. The third-order valence-electron chi connectivity index (χ3n) is 4.20. The molecule has 3 aliphatic heterocycles. The van der Waals surface area contributed by atoms with Crippen LogP contribution in [0.25, 0.3) is 0 Å². The van der Waals surface area contributed by atoms with Crippen molar-refractivity contribution in [1.82, 2.24) is 0 Å². The zero-order chi connectivity index (χ0) is 12.8. The van der Waals surface area contributed by atoms with Gasteiger partial charge in [-0.3, -0.25) is 0 Å². The molecule has 1 unspecified atom stereocenters. The molecule has 3 aliphatic rings. The highest BCUT2D eigenvalue weighted by molar-refractivity contribution is 6.30. The largest absolute Gasteiger partial charge is 0.323 e. The van der Waals surface area contributed by atoms with Gasteiger partial charge in [0.15, 0.2) is 0 Å². The van der Waals surface area contributed by atoms with Gasteiger partial charge in [0.2, 0.25) is 0 Å². The third-order valence-corrected chi connectivity index (χ3v) is 4.45. The van der Waals surface area contributed by atoms with Crippen molar-refractivity contribution in [2.24, 2.45) is 5.41 Å². The van der Waals surface area contributed by atoms with E-state index in [1.165, 1.54) is 0 Å². The number of benzene rings is 1. The molecule has 4 rings (SSSR count). The van der Waals surface area contributed by atoms with Crippen molar-refractivity contribution in [1.29, 1.82) is 0 Å². The van der Waals surface area contributed by atoms with Gasteiger partial charge in [-0.25, -0.2) is 0 Å². The summed E-state index contributed by atoms with van der Waals surface area (Å²) in [4.78, 5) is 0. The topological polar surface area (TPSA) is 27.7 Å². The minimum Gasteiger partial charge on any atom is -0.323 e. The van der Waals surface area contributed by atoms with Gasteiger partial charge in [-0.05, 0) is 37.6 Å². The summed E-state index contributed by atoms with van der Waals surface area (Å²) in [5, 5.41) is 0.692. The van der Waals surface area contributed by atoms with Crippen molar-refractivity contribution >= 4 is 11.6 Å². The van der Waals surface area contributed by atoms with Crippen molar-refractivity contribution in [2.45, 2.75) is 32.3 Å². The maximum atomic E-state index is 6.01. The molecule has 1 aromatic carbocycles. The standard InChI is InChI=1S/C14H17ClO3/c1-3-13-8-16-14(17-9-13,18-10(13)2)11-4-6-12(15)7-5-11/h4-7,10H,3,8-9H2,1-2H3. The molecule has 18 heavy (non-hydrogen) atoms. The Hall–Kier alpha value is -0.610. The van der Waals surface area contributed by atoms with Crippen molar-refractivity contribution < 1.29 is 14.2 Å². The minimum absolute atomic E-state index is 0.00578. The average molecular weight is 269 g/mol. The van der Waals surface area contributed by atoms with Crippen LogP contribution in [0.5, 0.6) is 0 Å². The SMILES string of the molecule is CCC12COC(c3ccc(Cl)cc3)(OC1)OC2C. The van der Waals surface area contributed by atoms with E-state index < -0.39 is 5.97 Å². The van der Waals surface area contributed by atoms with E-state index in [4.69, 9.17) is 25.8 Å². The van der Waals surface area contributed by atoms with E-state index in [2.05, 4.69) is 13.8 Å². The lowest BCUT2D eigenvalue weighted by Gasteiger charge is -2.55. The first-order valence-corrected chi connectivity index (χ1v) is 6.70. The highest BCUT2D eigenvalue weighted by Crippen LogP contribution is 2.49. The molecular weight excluding hydrogens is 252 g/mol. The van der Waals surface area contributed by atoms with Crippen LogP contribution in [0.3, 0.4) is 0 Å². The molecule has 0 amide bonds. The van der Waals surface area contributed by atoms with Gasteiger partial charge in [0, 0.05) is 16.0 Å². The second-order valence-corrected chi connectivity index (χ2v) is 5.55. The van der Waals surface area contributed by atoms with E-state index in [1.54, 1.807) is 0 Å². The lowest BCUT2D eigenvalue weighted by Crippen LogP contribution is -2.61. The van der Waals surface area contributed by atoms with Gasteiger partial charge >= 0.3 is 5.97 Å². The fourth-order valence-corrected chi connectivity index (χ4v) is 2.73. The van der Waals surface area contributed by atoms with Gasteiger partial charge in [-0.2, -0.15) is 0 Å². The Morgan fingerprint density at radius 2 is 1.83 bits per heavy atom. The molecule has 3 fully saturated rings. The maximum absolute atomic E-state index is 6.01. The molecule has 3 nitrogen and oxygen atoms in total. The van der Waals surface area contributed by atoms with Crippen LogP contribution in [-0.2, 0) is 20.2 Å². The number of hydrogen-bond acceptors (Lipinski definition) is 3. The van der Waals surface area contributed by atoms with Crippen LogP contribution >= 0.6 is 11.6 Å². The van der Waals surface area contributed by atoms with Crippen molar-refractivity contribution in [3.8, 4) is 0 Å². The molecule has 0 aromatic heterocycles. The first kappa shape index (κ1) is 12.4. The van der Waals surface area contributed by atoms with Crippen LogP contribution < -0.4 is 0 Å². The molecule has 3 heterocycles. The Balaban J connectivity index is 1.92. The Morgan fingerprint density at radius 1 is 1.22 bits per heavy atom.